The van der Waals surface area contributed by atoms with E-state index in [0.29, 0.717) is 5.56 Å². The third-order valence-corrected chi connectivity index (χ3v) is 2.15. The largest absolute Gasteiger partial charge is 0.504 e. The number of hydrogen-bond donors (Lipinski definition) is 2. The van der Waals surface area contributed by atoms with Crippen LogP contribution in [0, 0.1) is 6.92 Å². The van der Waals surface area contributed by atoms with Crippen LogP contribution in [-0.2, 0) is 0 Å². The minimum atomic E-state index is -0.0869. The Bertz CT molecular complexity index is 466. The van der Waals surface area contributed by atoms with Crippen LogP contribution in [0.25, 0.3) is 10.8 Å². The maximum atomic E-state index is 9.43. The molecule has 0 aliphatic carbocycles. The Labute approximate surface area is 75.3 Å². The van der Waals surface area contributed by atoms with Crippen LogP contribution in [0.5, 0.6) is 11.5 Å². The zero-order chi connectivity index (χ0) is 9.42. The van der Waals surface area contributed by atoms with E-state index in [0.717, 1.165) is 10.8 Å². The van der Waals surface area contributed by atoms with E-state index in [1.165, 1.54) is 6.07 Å². The molecule has 66 valence electrons. The lowest BCUT2D eigenvalue weighted by atomic mass is 10.1. The van der Waals surface area contributed by atoms with Crippen molar-refractivity contribution in [3.63, 3.8) is 0 Å². The fourth-order valence-electron chi connectivity index (χ4n) is 1.38. The van der Waals surface area contributed by atoms with Gasteiger partial charge in [-0.05, 0) is 24.4 Å². The maximum Gasteiger partial charge on any atom is 0.161 e. The van der Waals surface area contributed by atoms with Crippen LogP contribution in [0.2, 0.25) is 0 Å². The first-order valence-corrected chi connectivity index (χ1v) is 3.95. The Morgan fingerprint density at radius 1 is 1.31 bits per heavy atom. The van der Waals surface area contributed by atoms with Gasteiger partial charge in [-0.2, -0.15) is 0 Å². The molecule has 1 heterocycles. The van der Waals surface area contributed by atoms with Crippen molar-refractivity contribution in [1.82, 2.24) is 4.98 Å². The van der Waals surface area contributed by atoms with Crippen LogP contribution in [-0.4, -0.2) is 15.2 Å². The normalized spacial score (nSPS) is 10.5. The Morgan fingerprint density at radius 2 is 2.08 bits per heavy atom. The van der Waals surface area contributed by atoms with Crippen molar-refractivity contribution >= 4 is 10.8 Å². The lowest BCUT2D eigenvalue weighted by Gasteiger charge is -2.05. The monoisotopic (exact) mass is 175 g/mol. The van der Waals surface area contributed by atoms with E-state index in [-0.39, 0.29) is 11.5 Å². The van der Waals surface area contributed by atoms with Gasteiger partial charge in [0.05, 0.1) is 0 Å². The van der Waals surface area contributed by atoms with E-state index in [1.54, 1.807) is 25.4 Å². The zero-order valence-corrected chi connectivity index (χ0v) is 7.15. The van der Waals surface area contributed by atoms with Gasteiger partial charge in [-0.15, -0.1) is 0 Å². The maximum absolute atomic E-state index is 9.43. The average Bonchev–Trinajstić information content (AvgIpc) is 2.15. The van der Waals surface area contributed by atoms with Gasteiger partial charge in [-0.1, -0.05) is 0 Å². The van der Waals surface area contributed by atoms with Crippen molar-refractivity contribution in [3.05, 3.63) is 30.1 Å². The Hall–Kier alpha value is -1.77. The summed E-state index contributed by atoms with van der Waals surface area (Å²) in [6.07, 6.45) is 3.32. The summed E-state index contributed by atoms with van der Waals surface area (Å²) in [4.78, 5) is 3.95. The van der Waals surface area contributed by atoms with E-state index in [2.05, 4.69) is 4.98 Å². The average molecular weight is 175 g/mol. The van der Waals surface area contributed by atoms with Crippen molar-refractivity contribution < 1.29 is 10.2 Å². The second-order valence-electron chi connectivity index (χ2n) is 2.97. The molecule has 0 bridgehead atoms. The number of aromatic nitrogens is 1. The number of aromatic hydroxyl groups is 2. The van der Waals surface area contributed by atoms with Crippen LogP contribution in [0.15, 0.2) is 24.5 Å². The number of pyridine rings is 1. The van der Waals surface area contributed by atoms with Gasteiger partial charge in [-0.3, -0.25) is 4.98 Å². The fraction of sp³-hybridized carbons (Fsp3) is 0.100. The van der Waals surface area contributed by atoms with Crippen molar-refractivity contribution in [2.45, 2.75) is 6.92 Å². The van der Waals surface area contributed by atoms with Gasteiger partial charge in [0.1, 0.15) is 0 Å². The van der Waals surface area contributed by atoms with Crippen molar-refractivity contribution in [3.8, 4) is 11.5 Å². The van der Waals surface area contributed by atoms with Gasteiger partial charge in [0, 0.05) is 23.3 Å². The van der Waals surface area contributed by atoms with Crippen LogP contribution < -0.4 is 0 Å². The molecular weight excluding hydrogens is 166 g/mol. The first-order chi connectivity index (χ1) is 6.20. The molecule has 3 nitrogen and oxygen atoms in total. The summed E-state index contributed by atoms with van der Waals surface area (Å²) in [6.45, 7) is 1.75. The van der Waals surface area contributed by atoms with E-state index in [4.69, 9.17) is 0 Å². The highest BCUT2D eigenvalue weighted by Gasteiger charge is 2.07. The third-order valence-electron chi connectivity index (χ3n) is 2.15. The first kappa shape index (κ1) is 7.86. The molecular formula is C10H9NO2. The van der Waals surface area contributed by atoms with E-state index < -0.39 is 0 Å². The molecule has 2 aromatic rings. The molecule has 0 spiro atoms. The van der Waals surface area contributed by atoms with Gasteiger partial charge in [-0.25, -0.2) is 0 Å². The molecule has 0 saturated carbocycles. The number of hydrogen-bond acceptors (Lipinski definition) is 3. The minimum Gasteiger partial charge on any atom is -0.504 e. The molecule has 0 aliphatic heterocycles. The summed E-state index contributed by atoms with van der Waals surface area (Å²) in [6, 6.07) is 3.32. The van der Waals surface area contributed by atoms with Crippen LogP contribution in [0.1, 0.15) is 5.56 Å². The molecule has 1 aromatic carbocycles. The number of nitrogens with zero attached hydrogens (tertiary/aromatic N) is 1. The smallest absolute Gasteiger partial charge is 0.161 e. The lowest BCUT2D eigenvalue weighted by molar-refractivity contribution is 0.402. The Morgan fingerprint density at radius 3 is 2.85 bits per heavy atom. The quantitative estimate of drug-likeness (QED) is 0.602. The van der Waals surface area contributed by atoms with Crippen LogP contribution >= 0.6 is 0 Å². The molecule has 0 aliphatic rings. The fourth-order valence-corrected chi connectivity index (χ4v) is 1.38. The van der Waals surface area contributed by atoms with Gasteiger partial charge in [0.2, 0.25) is 0 Å². The van der Waals surface area contributed by atoms with E-state index in [1.807, 2.05) is 0 Å². The third kappa shape index (κ3) is 1.09. The van der Waals surface area contributed by atoms with Gasteiger partial charge in [0.15, 0.2) is 11.5 Å². The molecule has 0 radical (unpaired) electrons. The molecule has 3 heteroatoms. The molecule has 0 atom stereocenters. The van der Waals surface area contributed by atoms with Crippen LogP contribution in [0.3, 0.4) is 0 Å². The summed E-state index contributed by atoms with van der Waals surface area (Å²) >= 11 is 0. The summed E-state index contributed by atoms with van der Waals surface area (Å²) < 4.78 is 0. The summed E-state index contributed by atoms with van der Waals surface area (Å²) in [5.41, 5.74) is 0.656. The summed E-state index contributed by atoms with van der Waals surface area (Å²) in [5, 5.41) is 20.5. The van der Waals surface area contributed by atoms with Crippen LogP contribution in [0.4, 0.5) is 0 Å². The molecule has 2 N–H and O–H groups in total. The molecule has 0 amide bonds. The SMILES string of the molecule is Cc1c(O)c(O)cc2ccncc12. The van der Waals surface area contributed by atoms with Gasteiger partial charge >= 0.3 is 0 Å². The highest BCUT2D eigenvalue weighted by molar-refractivity contribution is 5.88. The minimum absolute atomic E-state index is 0.0690. The van der Waals surface area contributed by atoms with Crippen molar-refractivity contribution in [2.24, 2.45) is 0 Å². The number of aryl methyl sites for hydroxylation is 1. The Balaban J connectivity index is 2.94. The van der Waals surface area contributed by atoms with E-state index in [9.17, 15) is 10.2 Å². The predicted molar refractivity (Wildman–Crippen MR) is 49.8 cm³/mol. The molecule has 0 fully saturated rings. The standard InChI is InChI=1S/C10H9NO2/c1-6-8-5-11-3-2-7(8)4-9(12)10(6)13/h2-5,12-13H,1H3. The number of rotatable bonds is 0. The molecule has 1 aromatic heterocycles. The molecule has 0 saturated heterocycles. The molecule has 0 unspecified atom stereocenters. The number of fused-ring (bicyclic) bond motifs is 1. The van der Waals surface area contributed by atoms with Crippen molar-refractivity contribution in [1.29, 1.82) is 0 Å². The molecule has 13 heavy (non-hydrogen) atoms. The highest BCUT2D eigenvalue weighted by atomic mass is 16.3. The molecule has 2 rings (SSSR count). The lowest BCUT2D eigenvalue weighted by Crippen LogP contribution is -1.82. The summed E-state index contributed by atoms with van der Waals surface area (Å²) in [5.74, 6) is -0.156. The second kappa shape index (κ2) is 2.62. The predicted octanol–water partition coefficient (Wildman–Crippen LogP) is 1.95. The van der Waals surface area contributed by atoms with E-state index >= 15 is 0 Å². The second-order valence-corrected chi connectivity index (χ2v) is 2.97. The highest BCUT2D eigenvalue weighted by Crippen LogP contribution is 2.34. The van der Waals surface area contributed by atoms with Gasteiger partial charge in [0.25, 0.3) is 0 Å². The number of benzene rings is 1. The number of phenols is 2. The number of phenolic OH excluding ortho intramolecular Hbond substituents is 2. The van der Waals surface area contributed by atoms with Crippen molar-refractivity contribution in [2.75, 3.05) is 0 Å². The first-order valence-electron chi connectivity index (χ1n) is 3.95. The van der Waals surface area contributed by atoms with Gasteiger partial charge < -0.3 is 10.2 Å². The zero-order valence-electron chi connectivity index (χ0n) is 7.15. The Kier molecular flexibility index (Phi) is 1.59. The summed E-state index contributed by atoms with van der Waals surface area (Å²) in [7, 11) is 0. The topological polar surface area (TPSA) is 53.4 Å².